The highest BCUT2D eigenvalue weighted by Crippen LogP contribution is 2.49. The van der Waals surface area contributed by atoms with Crippen molar-refractivity contribution in [1.82, 2.24) is 0 Å². The number of benzene rings is 2. The van der Waals surface area contributed by atoms with Crippen LogP contribution in [0.2, 0.25) is 0 Å². The summed E-state index contributed by atoms with van der Waals surface area (Å²) in [5.41, 5.74) is 3.04. The van der Waals surface area contributed by atoms with Gasteiger partial charge in [-0.05, 0) is 28.3 Å². The highest BCUT2D eigenvalue weighted by Gasteiger charge is 2.73. The first kappa shape index (κ1) is 23.0. The third kappa shape index (κ3) is 3.74. The fraction of sp³-hybridized carbons (Fsp3) is 0.364. The van der Waals surface area contributed by atoms with Crippen molar-refractivity contribution in [2.75, 3.05) is 0 Å². The molecule has 0 amide bonds. The van der Waals surface area contributed by atoms with Crippen molar-refractivity contribution in [3.63, 3.8) is 0 Å². The second kappa shape index (κ2) is 7.17. The molecule has 0 radical (unpaired) electrons. The van der Waals surface area contributed by atoms with Crippen molar-refractivity contribution in [2.45, 2.75) is 50.1 Å². The van der Waals surface area contributed by atoms with E-state index in [-0.39, 0.29) is 5.56 Å². The zero-order valence-corrected chi connectivity index (χ0v) is 16.4. The number of ketones is 2. The normalized spacial score (nSPS) is 15.4. The molecule has 0 bridgehead atoms. The van der Waals surface area contributed by atoms with E-state index in [9.17, 15) is 40.3 Å². The summed E-state index contributed by atoms with van der Waals surface area (Å²) in [5.74, 6) is -14.7. The molecule has 0 aliphatic heterocycles. The standard InChI is InChI=1S/C22H17F7O2/c1-19(2)16-6-4-3-5-14(16)15-8-7-12(9-17(15)19)18(31)10-13(30)11-20(23,24)21(25,26)22(27,28)29/h3-9H,10-11H2,1-2H3. The van der Waals surface area contributed by atoms with E-state index in [1.807, 2.05) is 38.1 Å². The molecule has 9 heteroatoms. The van der Waals surface area contributed by atoms with E-state index in [0.29, 0.717) is 0 Å². The first-order valence-electron chi connectivity index (χ1n) is 9.21. The minimum atomic E-state index is -6.53. The first-order valence-corrected chi connectivity index (χ1v) is 9.21. The van der Waals surface area contributed by atoms with Crippen LogP contribution in [0.15, 0.2) is 42.5 Å². The molecule has 0 aromatic heterocycles. The lowest BCUT2D eigenvalue weighted by molar-refractivity contribution is -0.353. The molecule has 166 valence electrons. The molecule has 0 saturated carbocycles. The lowest BCUT2D eigenvalue weighted by atomic mass is 9.81. The monoisotopic (exact) mass is 446 g/mol. The van der Waals surface area contributed by atoms with E-state index < -0.39 is 47.8 Å². The van der Waals surface area contributed by atoms with Crippen LogP contribution in [-0.2, 0) is 10.2 Å². The van der Waals surface area contributed by atoms with Crippen molar-refractivity contribution >= 4 is 11.6 Å². The second-order valence-corrected chi connectivity index (χ2v) is 8.02. The summed E-state index contributed by atoms with van der Waals surface area (Å²) < 4.78 is 89.5. The van der Waals surface area contributed by atoms with Crippen LogP contribution in [0, 0.1) is 0 Å². The maximum Gasteiger partial charge on any atom is 0.459 e. The molecular weight excluding hydrogens is 429 g/mol. The number of fused-ring (bicyclic) bond motifs is 3. The van der Waals surface area contributed by atoms with Crippen molar-refractivity contribution in [2.24, 2.45) is 0 Å². The molecule has 0 heterocycles. The number of Topliss-reactive ketones (excluding diaryl/α,β-unsaturated/α-hetero) is 2. The van der Waals surface area contributed by atoms with Crippen LogP contribution >= 0.6 is 0 Å². The van der Waals surface area contributed by atoms with Gasteiger partial charge < -0.3 is 0 Å². The summed E-state index contributed by atoms with van der Waals surface area (Å²) in [4.78, 5) is 24.2. The van der Waals surface area contributed by atoms with Crippen LogP contribution in [0.25, 0.3) is 11.1 Å². The summed E-state index contributed by atoms with van der Waals surface area (Å²) >= 11 is 0. The summed E-state index contributed by atoms with van der Waals surface area (Å²) in [6, 6.07) is 12.0. The maximum atomic E-state index is 13.4. The number of hydrogen-bond acceptors (Lipinski definition) is 2. The van der Waals surface area contributed by atoms with Crippen molar-refractivity contribution in [3.05, 3.63) is 59.2 Å². The van der Waals surface area contributed by atoms with E-state index in [2.05, 4.69) is 0 Å². The van der Waals surface area contributed by atoms with Crippen molar-refractivity contribution in [3.8, 4) is 11.1 Å². The Labute approximate surface area is 173 Å². The van der Waals surface area contributed by atoms with Crippen molar-refractivity contribution < 1.29 is 40.3 Å². The fourth-order valence-electron chi connectivity index (χ4n) is 3.79. The van der Waals surface area contributed by atoms with Crippen molar-refractivity contribution in [1.29, 1.82) is 0 Å². The first-order chi connectivity index (χ1) is 14.1. The Morgan fingerprint density at radius 1 is 0.839 bits per heavy atom. The molecule has 31 heavy (non-hydrogen) atoms. The Balaban J connectivity index is 1.80. The SMILES string of the molecule is CC1(C)c2ccccc2-c2ccc(C(=O)CC(=O)CC(F)(F)C(F)(F)C(F)(F)F)cc21. The predicted molar refractivity (Wildman–Crippen MR) is 98.5 cm³/mol. The number of carbonyl (C=O) groups is 2. The minimum Gasteiger partial charge on any atom is -0.299 e. The average Bonchev–Trinajstić information content (AvgIpc) is 2.87. The summed E-state index contributed by atoms with van der Waals surface area (Å²) in [6.07, 6.45) is -10.1. The molecule has 0 saturated heterocycles. The highest BCUT2D eigenvalue weighted by atomic mass is 19.4. The zero-order chi connectivity index (χ0) is 23.4. The summed E-state index contributed by atoms with van der Waals surface area (Å²) in [5, 5.41) is 0. The van der Waals surface area contributed by atoms with Gasteiger partial charge in [0.25, 0.3) is 0 Å². The molecule has 0 spiro atoms. The molecule has 0 fully saturated rings. The van der Waals surface area contributed by atoms with E-state index in [0.717, 1.165) is 22.3 Å². The molecule has 0 unspecified atom stereocenters. The molecule has 1 aliphatic rings. The molecular formula is C22H17F7O2. The van der Waals surface area contributed by atoms with Gasteiger partial charge in [-0.3, -0.25) is 9.59 Å². The van der Waals surface area contributed by atoms with Gasteiger partial charge in [0.15, 0.2) is 5.78 Å². The smallest absolute Gasteiger partial charge is 0.299 e. The summed E-state index contributed by atoms with van der Waals surface area (Å²) in [7, 11) is 0. The number of rotatable bonds is 6. The van der Waals surface area contributed by atoms with Crippen LogP contribution in [0.4, 0.5) is 30.7 Å². The van der Waals surface area contributed by atoms with Gasteiger partial charge in [-0.25, -0.2) is 0 Å². The van der Waals surface area contributed by atoms with Crippen LogP contribution in [0.5, 0.6) is 0 Å². The van der Waals surface area contributed by atoms with E-state index in [4.69, 9.17) is 0 Å². The lowest BCUT2D eigenvalue weighted by Gasteiger charge is -2.27. The topological polar surface area (TPSA) is 34.1 Å². The number of halogens is 7. The maximum absolute atomic E-state index is 13.4. The fourth-order valence-corrected chi connectivity index (χ4v) is 3.79. The molecule has 0 atom stereocenters. The quantitative estimate of drug-likeness (QED) is 0.294. The van der Waals surface area contributed by atoms with E-state index in [1.54, 1.807) is 6.07 Å². The van der Waals surface area contributed by atoms with Gasteiger partial charge in [0.1, 0.15) is 5.78 Å². The van der Waals surface area contributed by atoms with E-state index in [1.165, 1.54) is 12.1 Å². The summed E-state index contributed by atoms with van der Waals surface area (Å²) in [6.45, 7) is 3.83. The van der Waals surface area contributed by atoms with Crippen LogP contribution < -0.4 is 0 Å². The Kier molecular flexibility index (Phi) is 5.31. The van der Waals surface area contributed by atoms with Crippen LogP contribution in [0.1, 0.15) is 48.2 Å². The number of carbonyl (C=O) groups excluding carboxylic acids is 2. The van der Waals surface area contributed by atoms with Crippen LogP contribution in [-0.4, -0.2) is 29.6 Å². The molecule has 2 aromatic carbocycles. The van der Waals surface area contributed by atoms with Gasteiger partial charge in [0, 0.05) is 11.0 Å². The zero-order valence-electron chi connectivity index (χ0n) is 16.4. The second-order valence-electron chi connectivity index (χ2n) is 8.02. The molecule has 3 rings (SSSR count). The average molecular weight is 446 g/mol. The highest BCUT2D eigenvalue weighted by molar-refractivity contribution is 6.08. The van der Waals surface area contributed by atoms with Gasteiger partial charge in [0.2, 0.25) is 0 Å². The Morgan fingerprint density at radius 2 is 1.42 bits per heavy atom. The predicted octanol–water partition coefficient (Wildman–Crippen LogP) is 6.36. The number of hydrogen-bond donors (Lipinski definition) is 0. The van der Waals surface area contributed by atoms with Crippen LogP contribution in [0.3, 0.4) is 0 Å². The van der Waals surface area contributed by atoms with Gasteiger partial charge in [-0.1, -0.05) is 50.2 Å². The van der Waals surface area contributed by atoms with Gasteiger partial charge in [-0.2, -0.15) is 30.7 Å². The molecule has 1 aliphatic carbocycles. The minimum absolute atomic E-state index is 0.0149. The largest absolute Gasteiger partial charge is 0.459 e. The van der Waals surface area contributed by atoms with Gasteiger partial charge in [0.05, 0.1) is 12.8 Å². The third-order valence-corrected chi connectivity index (χ3v) is 5.50. The third-order valence-electron chi connectivity index (χ3n) is 5.50. The Hall–Kier alpha value is -2.71. The Morgan fingerprint density at radius 3 is 2.03 bits per heavy atom. The van der Waals surface area contributed by atoms with E-state index >= 15 is 0 Å². The van der Waals surface area contributed by atoms with Gasteiger partial charge >= 0.3 is 18.0 Å². The van der Waals surface area contributed by atoms with Gasteiger partial charge in [-0.15, -0.1) is 0 Å². The molecule has 2 nitrogen and oxygen atoms in total. The Bertz CT molecular complexity index is 1050. The molecule has 2 aromatic rings. The molecule has 0 N–H and O–H groups in total. The number of alkyl halides is 7. The lowest BCUT2D eigenvalue weighted by Crippen LogP contribution is -2.52.